The molecule has 4 nitrogen and oxygen atoms in total. The molecule has 1 aliphatic heterocycles. The lowest BCUT2D eigenvalue weighted by Crippen LogP contribution is -2.46. The molecule has 26 heavy (non-hydrogen) atoms. The average molecular weight is 350 g/mol. The molecule has 2 aromatic carbocycles. The number of nitrogens with one attached hydrogen (secondary N) is 1. The Morgan fingerprint density at radius 3 is 2.42 bits per heavy atom. The van der Waals surface area contributed by atoms with Crippen molar-refractivity contribution in [1.29, 1.82) is 0 Å². The van der Waals surface area contributed by atoms with Crippen molar-refractivity contribution in [3.8, 4) is 0 Å². The minimum Gasteiger partial charge on any atom is -0.351 e. The fourth-order valence-electron chi connectivity index (χ4n) is 3.36. The Morgan fingerprint density at radius 1 is 1.08 bits per heavy atom. The fraction of sp³-hybridized carbons (Fsp3) is 0.364. The maximum atomic E-state index is 12.9. The first-order valence-electron chi connectivity index (χ1n) is 9.10. The van der Waals surface area contributed by atoms with Crippen molar-refractivity contribution in [3.63, 3.8) is 0 Å². The van der Waals surface area contributed by atoms with Crippen molar-refractivity contribution in [3.05, 3.63) is 65.7 Å². The summed E-state index contributed by atoms with van der Waals surface area (Å²) in [6, 6.07) is 18.2. The van der Waals surface area contributed by atoms with Crippen LogP contribution in [0.4, 0.5) is 5.69 Å². The quantitative estimate of drug-likeness (QED) is 0.858. The molecule has 4 heteroatoms. The highest BCUT2D eigenvalue weighted by atomic mass is 16.2. The number of carbonyl (C=O) groups excluding carboxylic acids is 2. The number of nitrogens with zero attached hydrogens (tertiary/aromatic N) is 1. The van der Waals surface area contributed by atoms with Crippen LogP contribution in [-0.2, 0) is 16.0 Å². The van der Waals surface area contributed by atoms with Gasteiger partial charge >= 0.3 is 0 Å². The minimum absolute atomic E-state index is 0.104. The van der Waals surface area contributed by atoms with E-state index in [1.165, 1.54) is 5.56 Å². The second-order valence-corrected chi connectivity index (χ2v) is 7.86. The summed E-state index contributed by atoms with van der Waals surface area (Å²) in [4.78, 5) is 27.1. The van der Waals surface area contributed by atoms with E-state index in [1.807, 2.05) is 57.2 Å². The third kappa shape index (κ3) is 4.13. The molecule has 1 aliphatic rings. The second kappa shape index (κ2) is 7.32. The van der Waals surface area contributed by atoms with Crippen molar-refractivity contribution >= 4 is 17.5 Å². The lowest BCUT2D eigenvalue weighted by molar-refractivity contribution is -0.133. The maximum Gasteiger partial charge on any atom is 0.239 e. The molecule has 0 bridgehead atoms. The highest BCUT2D eigenvalue weighted by Gasteiger charge is 2.39. The highest BCUT2D eigenvalue weighted by Crippen LogP contribution is 2.30. The Labute approximate surface area is 155 Å². The summed E-state index contributed by atoms with van der Waals surface area (Å²) >= 11 is 0. The molecule has 0 saturated carbocycles. The van der Waals surface area contributed by atoms with Gasteiger partial charge in [-0.3, -0.25) is 9.59 Å². The van der Waals surface area contributed by atoms with Crippen LogP contribution in [-0.4, -0.2) is 23.9 Å². The van der Waals surface area contributed by atoms with Gasteiger partial charge in [0.2, 0.25) is 11.8 Å². The van der Waals surface area contributed by atoms with Crippen LogP contribution in [0, 0.1) is 5.92 Å². The highest BCUT2D eigenvalue weighted by molar-refractivity contribution is 6.10. The third-order valence-electron chi connectivity index (χ3n) is 4.54. The normalized spacial score (nSPS) is 17.4. The topological polar surface area (TPSA) is 49.4 Å². The van der Waals surface area contributed by atoms with Gasteiger partial charge in [-0.2, -0.15) is 0 Å². The molecule has 1 N–H and O–H groups in total. The monoisotopic (exact) mass is 350 g/mol. The van der Waals surface area contributed by atoms with Crippen LogP contribution in [0.15, 0.2) is 54.6 Å². The van der Waals surface area contributed by atoms with E-state index >= 15 is 0 Å². The Balaban J connectivity index is 1.80. The van der Waals surface area contributed by atoms with Crippen molar-refractivity contribution in [2.24, 2.45) is 5.92 Å². The van der Waals surface area contributed by atoms with Gasteiger partial charge in [0.25, 0.3) is 0 Å². The zero-order valence-electron chi connectivity index (χ0n) is 15.7. The fourth-order valence-corrected chi connectivity index (χ4v) is 3.36. The number of hydrogen-bond donors (Lipinski definition) is 1. The van der Waals surface area contributed by atoms with Crippen molar-refractivity contribution in [2.75, 3.05) is 11.4 Å². The lowest BCUT2D eigenvalue weighted by Gasteiger charge is -2.23. The lowest BCUT2D eigenvalue weighted by atomic mass is 10.0. The Hall–Kier alpha value is -2.62. The standard InChI is InChI=1S/C22H26N2O2/c1-22(2,3)23-20(25)18-13-14-24(21(18)26)19-12-8-7-11-17(19)15-16-9-5-4-6-10-16/h4-12,18H,13-15H2,1-3H3,(H,23,25)/t18-/m0/s1. The van der Waals surface area contributed by atoms with Crippen molar-refractivity contribution < 1.29 is 9.59 Å². The van der Waals surface area contributed by atoms with Gasteiger partial charge in [-0.1, -0.05) is 48.5 Å². The summed E-state index contributed by atoms with van der Waals surface area (Å²) < 4.78 is 0. The molecule has 0 radical (unpaired) electrons. The summed E-state index contributed by atoms with van der Waals surface area (Å²) in [6.07, 6.45) is 1.32. The Bertz CT molecular complexity index is 793. The summed E-state index contributed by atoms with van der Waals surface area (Å²) in [5.41, 5.74) is 2.88. The smallest absolute Gasteiger partial charge is 0.239 e. The summed E-state index contributed by atoms with van der Waals surface area (Å²) in [6.45, 7) is 6.36. The predicted octanol–water partition coefficient (Wildman–Crippen LogP) is 3.55. The van der Waals surface area contributed by atoms with Gasteiger partial charge in [0, 0.05) is 17.8 Å². The Morgan fingerprint density at radius 2 is 1.73 bits per heavy atom. The molecule has 2 amide bonds. The molecule has 1 saturated heterocycles. The third-order valence-corrected chi connectivity index (χ3v) is 4.54. The SMILES string of the molecule is CC(C)(C)NC(=O)[C@@H]1CCN(c2ccccc2Cc2ccccc2)C1=O. The molecular formula is C22H26N2O2. The van der Waals surface area contributed by atoms with Crippen LogP contribution < -0.4 is 10.2 Å². The number of para-hydroxylation sites is 1. The van der Waals surface area contributed by atoms with Crippen LogP contribution in [0.2, 0.25) is 0 Å². The van der Waals surface area contributed by atoms with Gasteiger partial charge < -0.3 is 10.2 Å². The minimum atomic E-state index is -0.598. The van der Waals surface area contributed by atoms with E-state index in [1.54, 1.807) is 4.90 Å². The van der Waals surface area contributed by atoms with Gasteiger partial charge in [-0.05, 0) is 50.8 Å². The number of amides is 2. The maximum absolute atomic E-state index is 12.9. The average Bonchev–Trinajstić information content (AvgIpc) is 2.96. The van der Waals surface area contributed by atoms with E-state index in [2.05, 4.69) is 23.5 Å². The summed E-state index contributed by atoms with van der Waals surface area (Å²) in [5.74, 6) is -0.878. The van der Waals surface area contributed by atoms with Gasteiger partial charge in [0.1, 0.15) is 5.92 Å². The van der Waals surface area contributed by atoms with Crippen LogP contribution >= 0.6 is 0 Å². The molecule has 0 aromatic heterocycles. The molecule has 3 rings (SSSR count). The van der Waals surface area contributed by atoms with Crippen molar-refractivity contribution in [2.45, 2.75) is 39.2 Å². The molecule has 136 valence electrons. The second-order valence-electron chi connectivity index (χ2n) is 7.86. The van der Waals surface area contributed by atoms with Gasteiger partial charge in [0.15, 0.2) is 0 Å². The molecule has 0 aliphatic carbocycles. The van der Waals surface area contributed by atoms with Gasteiger partial charge in [0.05, 0.1) is 0 Å². The largest absolute Gasteiger partial charge is 0.351 e. The van der Waals surface area contributed by atoms with Crippen molar-refractivity contribution in [1.82, 2.24) is 5.32 Å². The molecule has 0 spiro atoms. The van der Waals surface area contributed by atoms with Crippen LogP contribution in [0.5, 0.6) is 0 Å². The number of anilines is 1. The summed E-state index contributed by atoms with van der Waals surface area (Å²) in [5, 5.41) is 2.93. The van der Waals surface area contributed by atoms with Gasteiger partial charge in [-0.25, -0.2) is 0 Å². The molecule has 1 fully saturated rings. The number of benzene rings is 2. The first-order valence-corrected chi connectivity index (χ1v) is 9.10. The van der Waals surface area contributed by atoms with E-state index in [-0.39, 0.29) is 17.4 Å². The molecule has 1 atom stereocenters. The van der Waals surface area contributed by atoms with Crippen LogP contribution in [0.3, 0.4) is 0 Å². The zero-order chi connectivity index (χ0) is 18.7. The molecular weight excluding hydrogens is 324 g/mol. The zero-order valence-corrected chi connectivity index (χ0v) is 15.7. The first kappa shape index (κ1) is 18.2. The number of rotatable bonds is 4. The first-order chi connectivity index (χ1) is 12.3. The molecule has 2 aromatic rings. The predicted molar refractivity (Wildman–Crippen MR) is 104 cm³/mol. The van der Waals surface area contributed by atoms with Gasteiger partial charge in [-0.15, -0.1) is 0 Å². The van der Waals surface area contributed by atoms with Crippen LogP contribution in [0.25, 0.3) is 0 Å². The van der Waals surface area contributed by atoms with E-state index in [0.717, 1.165) is 17.7 Å². The van der Waals surface area contributed by atoms with E-state index in [0.29, 0.717) is 13.0 Å². The molecule has 1 heterocycles. The van der Waals surface area contributed by atoms with E-state index in [9.17, 15) is 9.59 Å². The molecule has 0 unspecified atom stereocenters. The van der Waals surface area contributed by atoms with E-state index in [4.69, 9.17) is 0 Å². The summed E-state index contributed by atoms with van der Waals surface area (Å²) in [7, 11) is 0. The number of hydrogen-bond acceptors (Lipinski definition) is 2. The van der Waals surface area contributed by atoms with E-state index < -0.39 is 5.92 Å². The Kier molecular flexibility index (Phi) is 5.12. The van der Waals surface area contributed by atoms with Crippen LogP contribution in [0.1, 0.15) is 38.3 Å². The number of carbonyl (C=O) groups is 2.